The van der Waals surface area contributed by atoms with E-state index in [-0.39, 0.29) is 0 Å². The molecule has 0 aromatic carbocycles. The Bertz CT molecular complexity index is 547. The van der Waals surface area contributed by atoms with Crippen LogP contribution in [0, 0.1) is 0 Å². The third-order valence-electron chi connectivity index (χ3n) is 4.58. The number of fused-ring (bicyclic) bond motifs is 1. The molecule has 4 nitrogen and oxygen atoms in total. The SMILES string of the molecule is CSC1CCCC(Nc2nc3c(cc2C(=O)O)CCC3)C1. The minimum Gasteiger partial charge on any atom is -0.478 e. The summed E-state index contributed by atoms with van der Waals surface area (Å²) in [7, 11) is 0. The van der Waals surface area contributed by atoms with Crippen molar-refractivity contribution in [3.63, 3.8) is 0 Å². The van der Waals surface area contributed by atoms with E-state index in [4.69, 9.17) is 0 Å². The van der Waals surface area contributed by atoms with Crippen LogP contribution in [0.25, 0.3) is 0 Å². The first-order chi connectivity index (χ1) is 10.2. The highest BCUT2D eigenvalue weighted by Crippen LogP contribution is 2.31. The molecule has 5 heteroatoms. The second-order valence-corrected chi connectivity index (χ2v) is 7.15. The first-order valence-corrected chi connectivity index (χ1v) is 9.01. The number of aromatic carboxylic acids is 1. The van der Waals surface area contributed by atoms with Gasteiger partial charge in [-0.05, 0) is 56.4 Å². The average molecular weight is 306 g/mol. The Morgan fingerprint density at radius 2 is 2.24 bits per heavy atom. The number of aromatic nitrogens is 1. The van der Waals surface area contributed by atoms with Crippen molar-refractivity contribution in [1.82, 2.24) is 4.98 Å². The zero-order chi connectivity index (χ0) is 14.8. The number of nitrogens with zero attached hydrogens (tertiary/aromatic N) is 1. The monoisotopic (exact) mass is 306 g/mol. The molecule has 1 heterocycles. The Hall–Kier alpha value is -1.23. The molecule has 1 saturated carbocycles. The Kier molecular flexibility index (Phi) is 4.38. The largest absolute Gasteiger partial charge is 0.478 e. The van der Waals surface area contributed by atoms with Crippen molar-refractivity contribution in [2.75, 3.05) is 11.6 Å². The second kappa shape index (κ2) is 6.26. The molecule has 1 aromatic heterocycles. The molecule has 2 aliphatic rings. The molecule has 0 radical (unpaired) electrons. The maximum absolute atomic E-state index is 11.5. The van der Waals surface area contributed by atoms with Crippen LogP contribution in [-0.4, -0.2) is 33.6 Å². The molecule has 1 aromatic rings. The maximum Gasteiger partial charge on any atom is 0.339 e. The summed E-state index contributed by atoms with van der Waals surface area (Å²) in [5.74, 6) is -0.299. The van der Waals surface area contributed by atoms with Crippen molar-refractivity contribution in [2.45, 2.75) is 56.2 Å². The molecule has 3 rings (SSSR count). The third-order valence-corrected chi connectivity index (χ3v) is 5.68. The predicted molar refractivity (Wildman–Crippen MR) is 86.4 cm³/mol. The van der Waals surface area contributed by atoms with Gasteiger partial charge in [-0.1, -0.05) is 6.42 Å². The molecule has 0 spiro atoms. The van der Waals surface area contributed by atoms with E-state index in [0.717, 1.165) is 43.4 Å². The summed E-state index contributed by atoms with van der Waals surface area (Å²) >= 11 is 1.91. The fourth-order valence-electron chi connectivity index (χ4n) is 3.43. The molecule has 2 N–H and O–H groups in total. The van der Waals surface area contributed by atoms with Crippen molar-refractivity contribution in [1.29, 1.82) is 0 Å². The van der Waals surface area contributed by atoms with Gasteiger partial charge in [-0.3, -0.25) is 0 Å². The number of carbonyl (C=O) groups is 1. The molecular formula is C16H22N2O2S. The van der Waals surface area contributed by atoms with Gasteiger partial charge in [0.25, 0.3) is 0 Å². The molecule has 21 heavy (non-hydrogen) atoms. The van der Waals surface area contributed by atoms with Crippen LogP contribution in [0.2, 0.25) is 0 Å². The summed E-state index contributed by atoms with van der Waals surface area (Å²) in [5, 5.41) is 13.5. The van der Waals surface area contributed by atoms with Gasteiger partial charge < -0.3 is 10.4 Å². The van der Waals surface area contributed by atoms with Crippen molar-refractivity contribution in [2.24, 2.45) is 0 Å². The first-order valence-electron chi connectivity index (χ1n) is 7.73. The number of nitrogens with one attached hydrogen (secondary N) is 1. The van der Waals surface area contributed by atoms with Crippen LogP contribution in [0.15, 0.2) is 6.07 Å². The van der Waals surface area contributed by atoms with E-state index >= 15 is 0 Å². The Labute approximate surface area is 129 Å². The lowest BCUT2D eigenvalue weighted by molar-refractivity contribution is 0.0697. The number of carboxylic acids is 1. The quantitative estimate of drug-likeness (QED) is 0.893. The van der Waals surface area contributed by atoms with Crippen molar-refractivity contribution in [3.8, 4) is 0 Å². The number of rotatable bonds is 4. The summed E-state index contributed by atoms with van der Waals surface area (Å²) in [6, 6.07) is 2.18. The normalized spacial score (nSPS) is 24.6. The van der Waals surface area contributed by atoms with Gasteiger partial charge in [0.2, 0.25) is 0 Å². The minimum atomic E-state index is -0.878. The summed E-state index contributed by atoms with van der Waals surface area (Å²) in [5.41, 5.74) is 2.53. The van der Waals surface area contributed by atoms with Crippen LogP contribution in [0.3, 0.4) is 0 Å². The molecule has 0 amide bonds. The number of anilines is 1. The fourth-order valence-corrected chi connectivity index (χ4v) is 4.26. The fraction of sp³-hybridized carbons (Fsp3) is 0.625. The van der Waals surface area contributed by atoms with Gasteiger partial charge >= 0.3 is 5.97 Å². The summed E-state index contributed by atoms with van der Waals surface area (Å²) in [4.78, 5) is 16.1. The predicted octanol–water partition coefficient (Wildman–Crippen LogP) is 3.35. The zero-order valence-corrected chi connectivity index (χ0v) is 13.2. The molecule has 2 atom stereocenters. The third kappa shape index (κ3) is 3.18. The molecule has 2 aliphatic carbocycles. The lowest BCUT2D eigenvalue weighted by Crippen LogP contribution is -2.29. The number of thioether (sulfide) groups is 1. The Morgan fingerprint density at radius 1 is 1.38 bits per heavy atom. The Balaban J connectivity index is 1.82. The van der Waals surface area contributed by atoms with E-state index in [9.17, 15) is 9.90 Å². The van der Waals surface area contributed by atoms with E-state index in [0.29, 0.717) is 22.7 Å². The summed E-state index contributed by atoms with van der Waals surface area (Å²) < 4.78 is 0. The van der Waals surface area contributed by atoms with Gasteiger partial charge in [0, 0.05) is 17.0 Å². The second-order valence-electron chi connectivity index (χ2n) is 6.01. The molecule has 1 fully saturated rings. The number of pyridine rings is 1. The van der Waals surface area contributed by atoms with Crippen LogP contribution < -0.4 is 5.32 Å². The van der Waals surface area contributed by atoms with Gasteiger partial charge in [-0.2, -0.15) is 11.8 Å². The smallest absolute Gasteiger partial charge is 0.339 e. The van der Waals surface area contributed by atoms with E-state index in [2.05, 4.69) is 16.6 Å². The topological polar surface area (TPSA) is 62.2 Å². The van der Waals surface area contributed by atoms with Gasteiger partial charge in [-0.15, -0.1) is 0 Å². The average Bonchev–Trinajstić information content (AvgIpc) is 2.93. The highest BCUT2D eigenvalue weighted by Gasteiger charge is 2.25. The van der Waals surface area contributed by atoms with Gasteiger partial charge in [-0.25, -0.2) is 9.78 Å². The maximum atomic E-state index is 11.5. The van der Waals surface area contributed by atoms with Crippen LogP contribution in [0.5, 0.6) is 0 Å². The minimum absolute atomic E-state index is 0.335. The lowest BCUT2D eigenvalue weighted by atomic mass is 9.94. The van der Waals surface area contributed by atoms with Crippen LogP contribution >= 0.6 is 11.8 Å². The van der Waals surface area contributed by atoms with Crippen LogP contribution in [0.4, 0.5) is 5.82 Å². The van der Waals surface area contributed by atoms with Crippen LogP contribution in [-0.2, 0) is 12.8 Å². The molecule has 0 bridgehead atoms. The molecular weight excluding hydrogens is 284 g/mol. The first kappa shape index (κ1) is 14.7. The van der Waals surface area contributed by atoms with Crippen molar-refractivity contribution < 1.29 is 9.90 Å². The van der Waals surface area contributed by atoms with Gasteiger partial charge in [0.05, 0.1) is 0 Å². The van der Waals surface area contributed by atoms with E-state index in [1.807, 2.05) is 17.8 Å². The van der Waals surface area contributed by atoms with Crippen molar-refractivity contribution >= 4 is 23.5 Å². The molecule has 114 valence electrons. The molecule has 0 saturated heterocycles. The van der Waals surface area contributed by atoms with E-state index in [1.165, 1.54) is 12.8 Å². The molecule has 2 unspecified atom stereocenters. The molecule has 0 aliphatic heterocycles. The number of carboxylic acid groups (broad SMARTS) is 1. The summed E-state index contributed by atoms with van der Waals surface area (Å²) in [6.07, 6.45) is 9.85. The van der Waals surface area contributed by atoms with Gasteiger partial charge in [0.15, 0.2) is 0 Å². The lowest BCUT2D eigenvalue weighted by Gasteiger charge is -2.29. The Morgan fingerprint density at radius 3 is 3.00 bits per heavy atom. The van der Waals surface area contributed by atoms with Crippen molar-refractivity contribution in [3.05, 3.63) is 22.9 Å². The highest BCUT2D eigenvalue weighted by molar-refractivity contribution is 7.99. The number of aryl methyl sites for hydroxylation is 2. The standard InChI is InChI=1S/C16H22N2O2S/c1-21-12-6-3-5-11(9-12)17-15-13(16(19)20)8-10-4-2-7-14(10)18-15/h8,11-12H,2-7,9H2,1H3,(H,17,18)(H,19,20). The number of hydrogen-bond acceptors (Lipinski definition) is 4. The van der Waals surface area contributed by atoms with Gasteiger partial charge in [0.1, 0.15) is 11.4 Å². The van der Waals surface area contributed by atoms with E-state index < -0.39 is 5.97 Å². The van der Waals surface area contributed by atoms with E-state index in [1.54, 1.807) is 0 Å². The highest BCUT2D eigenvalue weighted by atomic mass is 32.2. The summed E-state index contributed by atoms with van der Waals surface area (Å²) in [6.45, 7) is 0. The van der Waals surface area contributed by atoms with Crippen LogP contribution in [0.1, 0.15) is 53.7 Å². The zero-order valence-electron chi connectivity index (χ0n) is 12.4. The number of hydrogen-bond donors (Lipinski definition) is 2.